The Kier molecular flexibility index (Phi) is 5.30. The first-order valence-corrected chi connectivity index (χ1v) is 8.44. The molecule has 0 spiro atoms. The lowest BCUT2D eigenvalue weighted by Gasteiger charge is -2.01. The molecule has 3 aromatic rings. The first-order chi connectivity index (χ1) is 12.2. The van der Waals surface area contributed by atoms with Crippen LogP contribution in [0.2, 0.25) is 0 Å². The van der Waals surface area contributed by atoms with Gasteiger partial charge in [-0.1, -0.05) is 42.1 Å². The number of para-hydroxylation sites is 1. The Labute approximate surface area is 148 Å². The summed E-state index contributed by atoms with van der Waals surface area (Å²) in [5, 5.41) is 19.4. The maximum Gasteiger partial charge on any atom is 0.276 e. The van der Waals surface area contributed by atoms with E-state index in [0.29, 0.717) is 28.9 Å². The molecule has 0 saturated carbocycles. The Hall–Kier alpha value is -2.87. The van der Waals surface area contributed by atoms with Crippen LogP contribution in [0, 0.1) is 10.1 Å². The van der Waals surface area contributed by atoms with Crippen molar-refractivity contribution in [1.29, 1.82) is 0 Å². The maximum atomic E-state index is 11.0. The van der Waals surface area contributed by atoms with E-state index in [-0.39, 0.29) is 5.69 Å². The monoisotopic (exact) mass is 357 g/mol. The number of rotatable bonds is 7. The van der Waals surface area contributed by atoms with Crippen molar-refractivity contribution in [2.45, 2.75) is 17.4 Å². The second-order valence-electron chi connectivity index (χ2n) is 5.16. The van der Waals surface area contributed by atoms with Crippen molar-refractivity contribution < 1.29 is 14.1 Å². The van der Waals surface area contributed by atoms with Crippen molar-refractivity contribution in [1.82, 2.24) is 10.2 Å². The highest BCUT2D eigenvalue weighted by atomic mass is 32.2. The topological polar surface area (TPSA) is 91.3 Å². The standard InChI is InChI=1S/C17H15N3O4S/c1-23-14-8-6-12(7-9-14)10-16-18-19-17(24-16)25-11-13-4-2-3-5-15(13)20(21)22/h2-9H,10-11H2,1H3. The molecular weight excluding hydrogens is 342 g/mol. The van der Waals surface area contributed by atoms with Gasteiger partial charge in [0, 0.05) is 17.4 Å². The zero-order valence-corrected chi connectivity index (χ0v) is 14.2. The van der Waals surface area contributed by atoms with Crippen LogP contribution in [0.4, 0.5) is 5.69 Å². The van der Waals surface area contributed by atoms with Crippen molar-refractivity contribution in [3.8, 4) is 5.75 Å². The number of aromatic nitrogens is 2. The molecule has 0 fully saturated rings. The predicted molar refractivity (Wildman–Crippen MR) is 92.8 cm³/mol. The third-order valence-electron chi connectivity index (χ3n) is 3.50. The lowest BCUT2D eigenvalue weighted by molar-refractivity contribution is -0.385. The van der Waals surface area contributed by atoms with Crippen LogP contribution >= 0.6 is 11.8 Å². The second kappa shape index (κ2) is 7.80. The van der Waals surface area contributed by atoms with Crippen LogP contribution in [0.1, 0.15) is 17.0 Å². The third kappa shape index (κ3) is 4.36. The summed E-state index contributed by atoms with van der Waals surface area (Å²) in [6, 6.07) is 14.2. The minimum absolute atomic E-state index is 0.0907. The Morgan fingerprint density at radius 1 is 1.16 bits per heavy atom. The lowest BCUT2D eigenvalue weighted by atomic mass is 10.1. The van der Waals surface area contributed by atoms with Gasteiger partial charge in [0.25, 0.3) is 10.9 Å². The van der Waals surface area contributed by atoms with E-state index in [1.54, 1.807) is 25.3 Å². The van der Waals surface area contributed by atoms with E-state index in [1.807, 2.05) is 24.3 Å². The summed E-state index contributed by atoms with van der Waals surface area (Å²) < 4.78 is 10.7. The van der Waals surface area contributed by atoms with Gasteiger partial charge in [-0.3, -0.25) is 10.1 Å². The molecule has 0 amide bonds. The van der Waals surface area contributed by atoms with Crippen molar-refractivity contribution >= 4 is 17.4 Å². The normalized spacial score (nSPS) is 10.6. The second-order valence-corrected chi connectivity index (χ2v) is 6.09. The van der Waals surface area contributed by atoms with Crippen LogP contribution in [0.25, 0.3) is 0 Å². The molecule has 3 rings (SSSR count). The molecule has 7 nitrogen and oxygen atoms in total. The van der Waals surface area contributed by atoms with Crippen LogP contribution in [0.5, 0.6) is 5.75 Å². The molecule has 25 heavy (non-hydrogen) atoms. The summed E-state index contributed by atoms with van der Waals surface area (Å²) in [6.45, 7) is 0. The Morgan fingerprint density at radius 3 is 2.64 bits per heavy atom. The summed E-state index contributed by atoms with van der Waals surface area (Å²) >= 11 is 1.28. The third-order valence-corrected chi connectivity index (χ3v) is 4.37. The molecule has 0 radical (unpaired) electrons. The number of nitrogens with zero attached hydrogens (tertiary/aromatic N) is 3. The van der Waals surface area contributed by atoms with Gasteiger partial charge >= 0.3 is 0 Å². The number of ether oxygens (including phenoxy) is 1. The van der Waals surface area contributed by atoms with Gasteiger partial charge < -0.3 is 9.15 Å². The fraction of sp³-hybridized carbons (Fsp3) is 0.176. The van der Waals surface area contributed by atoms with Crippen molar-refractivity contribution in [3.05, 3.63) is 75.7 Å². The average Bonchev–Trinajstić information content (AvgIpc) is 3.08. The van der Waals surface area contributed by atoms with E-state index in [4.69, 9.17) is 9.15 Å². The van der Waals surface area contributed by atoms with Gasteiger partial charge in [0.1, 0.15) is 5.75 Å². The predicted octanol–water partition coefficient (Wildman–Crippen LogP) is 3.87. The molecule has 1 heterocycles. The van der Waals surface area contributed by atoms with Crippen molar-refractivity contribution in [2.75, 3.05) is 7.11 Å². The van der Waals surface area contributed by atoms with Gasteiger partial charge in [-0.15, -0.1) is 10.2 Å². The molecule has 8 heteroatoms. The molecule has 0 atom stereocenters. The van der Waals surface area contributed by atoms with Gasteiger partial charge in [-0.05, 0) is 17.7 Å². The van der Waals surface area contributed by atoms with Crippen LogP contribution in [-0.2, 0) is 12.2 Å². The van der Waals surface area contributed by atoms with Crippen LogP contribution in [-0.4, -0.2) is 22.2 Å². The highest BCUT2D eigenvalue weighted by molar-refractivity contribution is 7.98. The summed E-state index contributed by atoms with van der Waals surface area (Å²) in [5.41, 5.74) is 1.74. The van der Waals surface area contributed by atoms with E-state index in [9.17, 15) is 10.1 Å². The first kappa shape index (κ1) is 17.0. The van der Waals surface area contributed by atoms with Gasteiger partial charge in [-0.25, -0.2) is 0 Å². The van der Waals surface area contributed by atoms with Crippen LogP contribution < -0.4 is 4.74 Å². The van der Waals surface area contributed by atoms with Gasteiger partial charge in [0.15, 0.2) is 0 Å². The highest BCUT2D eigenvalue weighted by Crippen LogP contribution is 2.27. The molecule has 0 aliphatic carbocycles. The van der Waals surface area contributed by atoms with Crippen LogP contribution in [0.15, 0.2) is 58.2 Å². The number of hydrogen-bond donors (Lipinski definition) is 0. The van der Waals surface area contributed by atoms with E-state index in [1.165, 1.54) is 17.8 Å². The van der Waals surface area contributed by atoms with Gasteiger partial charge in [0.05, 0.1) is 18.5 Å². The van der Waals surface area contributed by atoms with E-state index < -0.39 is 4.92 Å². The molecule has 128 valence electrons. The number of methoxy groups -OCH3 is 1. The Bertz CT molecular complexity index is 864. The fourth-order valence-electron chi connectivity index (χ4n) is 2.24. The summed E-state index contributed by atoms with van der Waals surface area (Å²) in [7, 11) is 1.62. The van der Waals surface area contributed by atoms with E-state index in [0.717, 1.165) is 11.3 Å². The minimum atomic E-state index is -0.390. The molecule has 2 aromatic carbocycles. The molecule has 0 unspecified atom stereocenters. The van der Waals surface area contributed by atoms with Crippen molar-refractivity contribution in [3.63, 3.8) is 0 Å². The molecule has 0 aliphatic rings. The molecule has 0 bridgehead atoms. The largest absolute Gasteiger partial charge is 0.497 e. The van der Waals surface area contributed by atoms with Gasteiger partial charge in [-0.2, -0.15) is 0 Å². The number of thioether (sulfide) groups is 1. The van der Waals surface area contributed by atoms with Crippen molar-refractivity contribution in [2.24, 2.45) is 0 Å². The molecule has 0 N–H and O–H groups in total. The number of hydrogen-bond acceptors (Lipinski definition) is 7. The Morgan fingerprint density at radius 2 is 1.92 bits per heavy atom. The molecule has 0 aliphatic heterocycles. The van der Waals surface area contributed by atoms with Gasteiger partial charge in [0.2, 0.25) is 5.89 Å². The highest BCUT2D eigenvalue weighted by Gasteiger charge is 2.14. The number of nitro benzene ring substituents is 1. The zero-order valence-electron chi connectivity index (χ0n) is 13.4. The van der Waals surface area contributed by atoms with E-state index >= 15 is 0 Å². The van der Waals surface area contributed by atoms with E-state index in [2.05, 4.69) is 10.2 Å². The maximum absolute atomic E-state index is 11.0. The molecule has 0 saturated heterocycles. The van der Waals surface area contributed by atoms with Crippen LogP contribution in [0.3, 0.4) is 0 Å². The minimum Gasteiger partial charge on any atom is -0.497 e. The number of benzene rings is 2. The Balaban J connectivity index is 1.63. The molecule has 1 aromatic heterocycles. The summed E-state index contributed by atoms with van der Waals surface area (Å²) in [6.07, 6.45) is 0.517. The lowest BCUT2D eigenvalue weighted by Crippen LogP contribution is -1.93. The smallest absolute Gasteiger partial charge is 0.276 e. The number of nitro groups is 1. The quantitative estimate of drug-likeness (QED) is 0.360. The molecular formula is C17H15N3O4S. The summed E-state index contributed by atoms with van der Waals surface area (Å²) in [4.78, 5) is 10.6. The zero-order chi connectivity index (χ0) is 17.6. The first-order valence-electron chi connectivity index (χ1n) is 7.46. The SMILES string of the molecule is COc1ccc(Cc2nnc(SCc3ccccc3[N+](=O)[O-])o2)cc1. The fourth-order valence-corrected chi connectivity index (χ4v) is 3.01. The summed E-state index contributed by atoms with van der Waals surface area (Å²) in [5.74, 6) is 1.67. The average molecular weight is 357 g/mol.